The second-order valence-corrected chi connectivity index (χ2v) is 6.60. The lowest BCUT2D eigenvalue weighted by Gasteiger charge is -2.32. The van der Waals surface area contributed by atoms with Crippen molar-refractivity contribution >= 4 is 17.5 Å². The molecule has 0 N–H and O–H groups in total. The fourth-order valence-corrected chi connectivity index (χ4v) is 3.32. The molecule has 0 atom stereocenters. The Balaban J connectivity index is 1.59. The number of carbonyl (C=O) groups is 1. The molecule has 3 rings (SSSR count). The van der Waals surface area contributed by atoms with E-state index in [1.54, 1.807) is 17.0 Å². The fraction of sp³-hybridized carbons (Fsp3) is 0.316. The van der Waals surface area contributed by atoms with E-state index >= 15 is 0 Å². The first-order chi connectivity index (χ1) is 11.5. The van der Waals surface area contributed by atoms with E-state index in [1.807, 2.05) is 0 Å². The maximum Gasteiger partial charge on any atom is 0.255 e. The first-order valence-electron chi connectivity index (χ1n) is 8.01. The summed E-state index contributed by atoms with van der Waals surface area (Å²) in [5.41, 5.74) is 1.32. The lowest BCUT2D eigenvalue weighted by Crippen LogP contribution is -2.39. The van der Waals surface area contributed by atoms with Crippen LogP contribution < -0.4 is 0 Å². The Kier molecular flexibility index (Phi) is 5.14. The van der Waals surface area contributed by atoms with Gasteiger partial charge in [-0.2, -0.15) is 0 Å². The molecule has 24 heavy (non-hydrogen) atoms. The van der Waals surface area contributed by atoms with E-state index in [2.05, 4.69) is 0 Å². The van der Waals surface area contributed by atoms with Gasteiger partial charge in [-0.05, 0) is 61.1 Å². The molecule has 0 aliphatic carbocycles. The minimum absolute atomic E-state index is 0.216. The van der Waals surface area contributed by atoms with Gasteiger partial charge in [-0.3, -0.25) is 4.79 Å². The first kappa shape index (κ1) is 16.9. The van der Waals surface area contributed by atoms with Gasteiger partial charge in [0.05, 0.1) is 10.6 Å². The SMILES string of the molecule is O=C(c1cc(F)ccc1Cl)N1CCC(Cc2ccc(F)cc2)CC1. The van der Waals surface area contributed by atoms with E-state index in [1.165, 1.54) is 30.3 Å². The topological polar surface area (TPSA) is 20.3 Å². The summed E-state index contributed by atoms with van der Waals surface area (Å²) >= 11 is 6.01. The quantitative estimate of drug-likeness (QED) is 0.785. The van der Waals surface area contributed by atoms with E-state index < -0.39 is 5.82 Å². The zero-order valence-electron chi connectivity index (χ0n) is 13.1. The molecule has 1 heterocycles. The summed E-state index contributed by atoms with van der Waals surface area (Å²) in [6.07, 6.45) is 2.62. The van der Waals surface area contributed by atoms with Crippen LogP contribution >= 0.6 is 11.6 Å². The van der Waals surface area contributed by atoms with Crippen molar-refractivity contribution < 1.29 is 13.6 Å². The number of likely N-dealkylation sites (tertiary alicyclic amines) is 1. The molecule has 2 aromatic carbocycles. The fourth-order valence-electron chi connectivity index (χ4n) is 3.13. The van der Waals surface area contributed by atoms with Crippen molar-refractivity contribution in [2.45, 2.75) is 19.3 Å². The summed E-state index contributed by atoms with van der Waals surface area (Å²) in [7, 11) is 0. The van der Waals surface area contributed by atoms with E-state index in [4.69, 9.17) is 11.6 Å². The van der Waals surface area contributed by atoms with Gasteiger partial charge in [0.1, 0.15) is 11.6 Å². The molecule has 1 aliphatic heterocycles. The summed E-state index contributed by atoms with van der Waals surface area (Å²) in [5, 5.41) is 0.273. The molecule has 126 valence electrons. The van der Waals surface area contributed by atoms with Crippen LogP contribution in [0.1, 0.15) is 28.8 Å². The largest absolute Gasteiger partial charge is 0.339 e. The second-order valence-electron chi connectivity index (χ2n) is 6.19. The van der Waals surface area contributed by atoms with Gasteiger partial charge in [0.15, 0.2) is 0 Å². The number of hydrogen-bond acceptors (Lipinski definition) is 1. The summed E-state index contributed by atoms with van der Waals surface area (Å²) < 4.78 is 26.3. The zero-order chi connectivity index (χ0) is 17.1. The first-order valence-corrected chi connectivity index (χ1v) is 8.39. The van der Waals surface area contributed by atoms with Crippen LogP contribution in [0.25, 0.3) is 0 Å². The van der Waals surface area contributed by atoms with Crippen molar-refractivity contribution in [1.29, 1.82) is 0 Å². The maximum atomic E-state index is 13.4. The molecule has 1 saturated heterocycles. The van der Waals surface area contributed by atoms with Crippen molar-refractivity contribution in [2.24, 2.45) is 5.92 Å². The highest BCUT2D eigenvalue weighted by molar-refractivity contribution is 6.33. The van der Waals surface area contributed by atoms with E-state index in [-0.39, 0.29) is 22.3 Å². The van der Waals surface area contributed by atoms with E-state index in [0.717, 1.165) is 24.8 Å². The Bertz CT molecular complexity index is 725. The Hall–Kier alpha value is -1.94. The lowest BCUT2D eigenvalue weighted by atomic mass is 9.90. The maximum absolute atomic E-state index is 13.4. The highest BCUT2D eigenvalue weighted by Crippen LogP contribution is 2.25. The smallest absolute Gasteiger partial charge is 0.255 e. The van der Waals surface area contributed by atoms with Crippen molar-refractivity contribution in [3.8, 4) is 0 Å². The van der Waals surface area contributed by atoms with Crippen LogP contribution in [-0.2, 0) is 6.42 Å². The van der Waals surface area contributed by atoms with Crippen molar-refractivity contribution in [3.63, 3.8) is 0 Å². The summed E-state index contributed by atoms with van der Waals surface area (Å²) in [6.45, 7) is 1.25. The average molecular weight is 350 g/mol. The number of carbonyl (C=O) groups excluding carboxylic acids is 1. The number of amides is 1. The predicted octanol–water partition coefficient (Wildman–Crippen LogP) is 4.71. The standard InChI is InChI=1S/C19H18ClF2NO/c20-18-6-5-16(22)12-17(18)19(24)23-9-7-14(8-10-23)11-13-1-3-15(21)4-2-13/h1-6,12,14H,7-11H2. The average Bonchev–Trinajstić information content (AvgIpc) is 2.59. The molecular weight excluding hydrogens is 332 g/mol. The normalized spacial score (nSPS) is 15.5. The monoisotopic (exact) mass is 349 g/mol. The molecule has 0 bridgehead atoms. The van der Waals surface area contributed by atoms with Crippen LogP contribution in [0.4, 0.5) is 8.78 Å². The third-order valence-electron chi connectivity index (χ3n) is 4.50. The Labute approximate surface area is 145 Å². The second kappa shape index (κ2) is 7.31. The minimum atomic E-state index is -0.464. The Morgan fingerprint density at radius 3 is 2.33 bits per heavy atom. The van der Waals surface area contributed by atoms with Crippen molar-refractivity contribution in [2.75, 3.05) is 13.1 Å². The van der Waals surface area contributed by atoms with Gasteiger partial charge in [0, 0.05) is 13.1 Å². The number of rotatable bonds is 3. The van der Waals surface area contributed by atoms with Crippen LogP contribution in [0.5, 0.6) is 0 Å². The highest BCUT2D eigenvalue weighted by Gasteiger charge is 2.25. The van der Waals surface area contributed by atoms with Gasteiger partial charge in [0.25, 0.3) is 5.91 Å². The minimum Gasteiger partial charge on any atom is -0.339 e. The van der Waals surface area contributed by atoms with Gasteiger partial charge >= 0.3 is 0 Å². The Morgan fingerprint density at radius 1 is 1.04 bits per heavy atom. The Morgan fingerprint density at radius 2 is 1.67 bits per heavy atom. The zero-order valence-corrected chi connectivity index (χ0v) is 13.9. The van der Waals surface area contributed by atoms with Crippen LogP contribution in [0.2, 0.25) is 5.02 Å². The molecule has 1 aliphatic rings. The molecule has 1 amide bonds. The third kappa shape index (κ3) is 3.93. The molecule has 0 saturated carbocycles. The van der Waals surface area contributed by atoms with Gasteiger partial charge in [0.2, 0.25) is 0 Å². The molecule has 5 heteroatoms. The van der Waals surface area contributed by atoms with Crippen LogP contribution in [0.15, 0.2) is 42.5 Å². The highest BCUT2D eigenvalue weighted by atomic mass is 35.5. The van der Waals surface area contributed by atoms with Crippen LogP contribution in [0.3, 0.4) is 0 Å². The lowest BCUT2D eigenvalue weighted by molar-refractivity contribution is 0.0690. The van der Waals surface area contributed by atoms with Gasteiger partial charge in [-0.1, -0.05) is 23.7 Å². The molecule has 0 radical (unpaired) electrons. The van der Waals surface area contributed by atoms with Gasteiger partial charge < -0.3 is 4.90 Å². The number of benzene rings is 2. The molecule has 0 unspecified atom stereocenters. The number of nitrogens with zero attached hydrogens (tertiary/aromatic N) is 1. The van der Waals surface area contributed by atoms with Crippen molar-refractivity contribution in [1.82, 2.24) is 4.90 Å². The molecule has 2 nitrogen and oxygen atoms in total. The molecule has 0 aromatic heterocycles. The third-order valence-corrected chi connectivity index (χ3v) is 4.83. The van der Waals surface area contributed by atoms with Gasteiger partial charge in [-0.25, -0.2) is 8.78 Å². The van der Waals surface area contributed by atoms with Crippen LogP contribution in [0, 0.1) is 17.6 Å². The number of piperidine rings is 1. The molecule has 1 fully saturated rings. The van der Waals surface area contributed by atoms with Crippen LogP contribution in [-0.4, -0.2) is 23.9 Å². The van der Waals surface area contributed by atoms with E-state index in [9.17, 15) is 13.6 Å². The van der Waals surface area contributed by atoms with Crippen molar-refractivity contribution in [3.05, 3.63) is 70.2 Å². The van der Waals surface area contributed by atoms with E-state index in [0.29, 0.717) is 19.0 Å². The summed E-state index contributed by atoms with van der Waals surface area (Å²) in [4.78, 5) is 14.2. The summed E-state index contributed by atoms with van der Waals surface area (Å²) in [6, 6.07) is 10.4. The summed E-state index contributed by atoms with van der Waals surface area (Å²) in [5.74, 6) is -0.456. The van der Waals surface area contributed by atoms with Gasteiger partial charge in [-0.15, -0.1) is 0 Å². The molecule has 0 spiro atoms. The molecule has 2 aromatic rings. The molecular formula is C19H18ClF2NO. The predicted molar refractivity (Wildman–Crippen MR) is 90.1 cm³/mol. The number of halogens is 3. The number of hydrogen-bond donors (Lipinski definition) is 0.